The first-order valence-corrected chi connectivity index (χ1v) is 9.14. The van der Waals surface area contributed by atoms with Crippen LogP contribution in [0, 0.1) is 6.92 Å². The van der Waals surface area contributed by atoms with Crippen LogP contribution in [0.15, 0.2) is 48.5 Å². The first-order valence-electron chi connectivity index (χ1n) is 8.76. The van der Waals surface area contributed by atoms with Gasteiger partial charge in [-0.1, -0.05) is 53.6 Å². The Morgan fingerprint density at radius 3 is 2.04 bits per heavy atom. The Labute approximate surface area is 169 Å². The highest BCUT2D eigenvalue weighted by atomic mass is 35.5. The van der Waals surface area contributed by atoms with Gasteiger partial charge in [0.05, 0.1) is 6.10 Å². The zero-order chi connectivity index (χ0) is 20.7. The number of halogens is 1. The van der Waals surface area contributed by atoms with Crippen molar-refractivity contribution in [2.45, 2.75) is 39.1 Å². The summed E-state index contributed by atoms with van der Waals surface area (Å²) in [6.07, 6.45) is -2.44. The molecule has 2 aromatic carbocycles. The molecule has 0 fully saturated rings. The fourth-order valence-corrected chi connectivity index (χ4v) is 2.59. The molecule has 0 bridgehead atoms. The molecule has 2 atom stereocenters. The minimum absolute atomic E-state index is 0.228. The monoisotopic (exact) mass is 406 g/mol. The van der Waals surface area contributed by atoms with Gasteiger partial charge in [-0.3, -0.25) is 0 Å². The molecule has 150 valence electrons. The molecule has 0 aliphatic carbocycles. The summed E-state index contributed by atoms with van der Waals surface area (Å²) in [5.74, 6) is -1.85. The van der Waals surface area contributed by atoms with Crippen LogP contribution in [0.25, 0.3) is 0 Å². The summed E-state index contributed by atoms with van der Waals surface area (Å²) in [5, 5.41) is 9.92. The van der Waals surface area contributed by atoms with Crippen molar-refractivity contribution >= 4 is 23.5 Å². The molecule has 2 rings (SSSR count). The molecule has 0 unspecified atom stereocenters. The van der Waals surface area contributed by atoms with Gasteiger partial charge in [0.15, 0.2) is 19.0 Å². The van der Waals surface area contributed by atoms with Gasteiger partial charge in [0, 0.05) is 5.02 Å². The van der Waals surface area contributed by atoms with E-state index in [4.69, 9.17) is 25.8 Å². The number of aryl methyl sites for hydroxylation is 1. The molecule has 1 N–H and O–H groups in total. The van der Waals surface area contributed by atoms with Crippen LogP contribution in [0.3, 0.4) is 0 Å². The lowest BCUT2D eigenvalue weighted by Gasteiger charge is -2.20. The van der Waals surface area contributed by atoms with E-state index in [1.54, 1.807) is 62.4 Å². The molecule has 6 nitrogen and oxygen atoms in total. The summed E-state index contributed by atoms with van der Waals surface area (Å²) >= 11 is 5.89. The number of benzene rings is 2. The third kappa shape index (κ3) is 6.34. The van der Waals surface area contributed by atoms with E-state index in [1.165, 1.54) is 0 Å². The molecule has 0 spiro atoms. The van der Waals surface area contributed by atoms with Crippen molar-refractivity contribution in [3.63, 3.8) is 0 Å². The highest BCUT2D eigenvalue weighted by Crippen LogP contribution is 2.24. The van der Waals surface area contributed by atoms with E-state index in [9.17, 15) is 14.7 Å². The lowest BCUT2D eigenvalue weighted by molar-refractivity contribution is -0.183. The van der Waals surface area contributed by atoms with Gasteiger partial charge in [0.25, 0.3) is 0 Å². The number of carboxylic acid groups (broad SMARTS) is 1. The zero-order valence-electron chi connectivity index (χ0n) is 15.9. The van der Waals surface area contributed by atoms with Gasteiger partial charge in [0.1, 0.15) is 0 Å². The molecule has 0 heterocycles. The van der Waals surface area contributed by atoms with Crippen LogP contribution in [0.4, 0.5) is 0 Å². The Morgan fingerprint density at radius 2 is 1.50 bits per heavy atom. The summed E-state index contributed by atoms with van der Waals surface area (Å²) in [4.78, 5) is 24.0. The van der Waals surface area contributed by atoms with Crippen molar-refractivity contribution in [1.82, 2.24) is 0 Å². The fourth-order valence-electron chi connectivity index (χ4n) is 2.47. The minimum Gasteiger partial charge on any atom is -0.479 e. The minimum atomic E-state index is -1.24. The molecule has 28 heavy (non-hydrogen) atoms. The maximum absolute atomic E-state index is 12.5. The summed E-state index contributed by atoms with van der Waals surface area (Å²) in [6.45, 7) is 4.97. The standard InChI is InChI=1S/C21H23ClO6/c1-13(2)28-19(16-8-10-17(22)11-9-16)21(25)27-12-26-18(20(23)24)15-6-4-14(3)5-7-15/h4-11,13,18-19H,12H2,1-3H3,(H,23,24)/t18-,19-/m0/s1. The van der Waals surface area contributed by atoms with Crippen LogP contribution in [0.1, 0.15) is 42.7 Å². The first-order chi connectivity index (χ1) is 13.3. The van der Waals surface area contributed by atoms with Crippen LogP contribution >= 0.6 is 11.6 Å². The molecular weight excluding hydrogens is 384 g/mol. The van der Waals surface area contributed by atoms with E-state index in [0.29, 0.717) is 16.1 Å². The average molecular weight is 407 g/mol. The van der Waals surface area contributed by atoms with Gasteiger partial charge in [0.2, 0.25) is 0 Å². The lowest BCUT2D eigenvalue weighted by atomic mass is 10.1. The molecule has 2 aromatic rings. The van der Waals surface area contributed by atoms with Crippen LogP contribution in [0.2, 0.25) is 5.02 Å². The third-order valence-electron chi connectivity index (χ3n) is 3.84. The van der Waals surface area contributed by atoms with Crippen LogP contribution < -0.4 is 0 Å². The van der Waals surface area contributed by atoms with Gasteiger partial charge >= 0.3 is 11.9 Å². The van der Waals surface area contributed by atoms with Crippen molar-refractivity contribution < 1.29 is 28.9 Å². The Bertz CT molecular complexity index is 786. The number of hydrogen-bond donors (Lipinski definition) is 1. The second-order valence-corrected chi connectivity index (χ2v) is 6.93. The summed E-state index contributed by atoms with van der Waals surface area (Å²) in [7, 11) is 0. The van der Waals surface area contributed by atoms with E-state index in [1.807, 2.05) is 6.92 Å². The van der Waals surface area contributed by atoms with Gasteiger partial charge in [-0.05, 0) is 44.0 Å². The number of carbonyl (C=O) groups is 2. The van der Waals surface area contributed by atoms with E-state index in [0.717, 1.165) is 5.56 Å². The second kappa shape index (κ2) is 10.2. The predicted molar refractivity (Wildman–Crippen MR) is 104 cm³/mol. The summed E-state index contributed by atoms with van der Waals surface area (Å²) < 4.78 is 16.1. The number of carbonyl (C=O) groups excluding carboxylic acids is 1. The van der Waals surface area contributed by atoms with Crippen molar-refractivity contribution in [2.75, 3.05) is 6.79 Å². The lowest BCUT2D eigenvalue weighted by Crippen LogP contribution is -2.24. The maximum Gasteiger partial charge on any atom is 0.342 e. The van der Waals surface area contributed by atoms with Crippen LogP contribution in [0.5, 0.6) is 0 Å². The molecule has 0 saturated carbocycles. The SMILES string of the molecule is Cc1ccc([C@H](OCOC(=O)[C@@H](OC(C)C)c2ccc(Cl)cc2)C(=O)O)cc1. The number of aliphatic carboxylic acids is 1. The quantitative estimate of drug-likeness (QED) is 0.489. The molecular formula is C21H23ClO6. The van der Waals surface area contributed by atoms with Crippen molar-refractivity contribution in [2.24, 2.45) is 0 Å². The van der Waals surface area contributed by atoms with E-state index >= 15 is 0 Å². The van der Waals surface area contributed by atoms with E-state index < -0.39 is 30.9 Å². The Kier molecular flexibility index (Phi) is 7.99. The molecule has 7 heteroatoms. The number of esters is 1. The summed E-state index contributed by atoms with van der Waals surface area (Å²) in [6, 6.07) is 13.5. The molecule has 0 radical (unpaired) electrons. The number of carboxylic acids is 1. The molecule has 0 aliphatic heterocycles. The smallest absolute Gasteiger partial charge is 0.342 e. The van der Waals surface area contributed by atoms with Crippen molar-refractivity contribution in [3.05, 3.63) is 70.2 Å². The third-order valence-corrected chi connectivity index (χ3v) is 4.09. The fraction of sp³-hybridized carbons (Fsp3) is 0.333. The average Bonchev–Trinajstić information content (AvgIpc) is 2.64. The van der Waals surface area contributed by atoms with Crippen molar-refractivity contribution in [1.29, 1.82) is 0 Å². The predicted octanol–water partition coefficient (Wildman–Crippen LogP) is 4.46. The highest BCUT2D eigenvalue weighted by Gasteiger charge is 2.26. The topological polar surface area (TPSA) is 82.1 Å². The van der Waals surface area contributed by atoms with Gasteiger partial charge in [-0.25, -0.2) is 9.59 Å². The van der Waals surface area contributed by atoms with Crippen molar-refractivity contribution in [3.8, 4) is 0 Å². The number of ether oxygens (including phenoxy) is 3. The molecule has 0 aromatic heterocycles. The maximum atomic E-state index is 12.5. The normalized spacial score (nSPS) is 13.2. The van der Waals surface area contributed by atoms with E-state index in [2.05, 4.69) is 0 Å². The van der Waals surface area contributed by atoms with E-state index in [-0.39, 0.29) is 6.10 Å². The molecule has 0 saturated heterocycles. The molecule has 0 aliphatic rings. The molecule has 0 amide bonds. The largest absolute Gasteiger partial charge is 0.479 e. The van der Waals surface area contributed by atoms with Gasteiger partial charge in [-0.2, -0.15) is 0 Å². The van der Waals surface area contributed by atoms with Crippen LogP contribution in [-0.4, -0.2) is 29.9 Å². The Morgan fingerprint density at radius 1 is 0.964 bits per heavy atom. The van der Waals surface area contributed by atoms with Gasteiger partial charge < -0.3 is 19.3 Å². The van der Waals surface area contributed by atoms with Gasteiger partial charge in [-0.15, -0.1) is 0 Å². The number of rotatable bonds is 9. The first kappa shape index (κ1) is 21.9. The summed E-state index contributed by atoms with van der Waals surface area (Å²) in [5.41, 5.74) is 2.04. The highest BCUT2D eigenvalue weighted by molar-refractivity contribution is 6.30. The number of hydrogen-bond acceptors (Lipinski definition) is 5. The van der Waals surface area contributed by atoms with Crippen LogP contribution in [-0.2, 0) is 23.8 Å². The zero-order valence-corrected chi connectivity index (χ0v) is 16.7. The second-order valence-electron chi connectivity index (χ2n) is 6.49. The Hall–Kier alpha value is -2.41. The Balaban J connectivity index is 2.03.